The van der Waals surface area contributed by atoms with Crippen molar-refractivity contribution in [1.82, 2.24) is 9.78 Å². The highest BCUT2D eigenvalue weighted by atomic mass is 35.5. The molecule has 19 heavy (non-hydrogen) atoms. The van der Waals surface area contributed by atoms with Crippen LogP contribution < -0.4 is 0 Å². The molecule has 100 valence electrons. The van der Waals surface area contributed by atoms with E-state index in [1.54, 1.807) is 12.1 Å². The monoisotopic (exact) mass is 306 g/mol. The van der Waals surface area contributed by atoms with Crippen molar-refractivity contribution in [3.05, 3.63) is 45.7 Å². The van der Waals surface area contributed by atoms with E-state index in [9.17, 15) is 13.6 Å². The number of carboxylic acid groups (broad SMARTS) is 1. The van der Waals surface area contributed by atoms with Crippen LogP contribution in [-0.2, 0) is 0 Å². The van der Waals surface area contributed by atoms with Crippen molar-refractivity contribution in [3.8, 4) is 5.69 Å². The first-order valence-corrected chi connectivity index (χ1v) is 5.73. The fraction of sp³-hybridized carbons (Fsp3) is 0.0909. The van der Waals surface area contributed by atoms with Crippen LogP contribution >= 0.6 is 23.2 Å². The Morgan fingerprint density at radius 2 is 2.05 bits per heavy atom. The second-order valence-electron chi connectivity index (χ2n) is 3.55. The molecule has 0 atom stereocenters. The van der Waals surface area contributed by atoms with Crippen LogP contribution in [0.3, 0.4) is 0 Å². The second-order valence-corrected chi connectivity index (χ2v) is 4.34. The largest absolute Gasteiger partial charge is 0.478 e. The lowest BCUT2D eigenvalue weighted by molar-refractivity contribution is 0.0684. The van der Waals surface area contributed by atoms with Gasteiger partial charge in [-0.15, -0.1) is 0 Å². The molecule has 0 aliphatic heterocycles. The average Bonchev–Trinajstić information content (AvgIpc) is 2.67. The highest BCUT2D eigenvalue weighted by Crippen LogP contribution is 2.30. The predicted molar refractivity (Wildman–Crippen MR) is 65.5 cm³/mol. The Bertz CT molecular complexity index is 644. The number of halogens is 4. The minimum Gasteiger partial charge on any atom is -0.478 e. The van der Waals surface area contributed by atoms with Crippen LogP contribution in [0.25, 0.3) is 5.69 Å². The maximum atomic E-state index is 12.8. The number of benzene rings is 1. The number of hydrogen-bond donors (Lipinski definition) is 1. The van der Waals surface area contributed by atoms with E-state index in [4.69, 9.17) is 28.3 Å². The highest BCUT2D eigenvalue weighted by Gasteiger charge is 2.28. The Hall–Kier alpha value is -1.66. The molecule has 1 aromatic heterocycles. The molecule has 0 radical (unpaired) electrons. The van der Waals surface area contributed by atoms with Crippen LogP contribution in [0.15, 0.2) is 24.3 Å². The van der Waals surface area contributed by atoms with E-state index >= 15 is 0 Å². The molecule has 0 amide bonds. The lowest BCUT2D eigenvalue weighted by atomic mass is 10.2. The van der Waals surface area contributed by atoms with Crippen LogP contribution in [0.4, 0.5) is 8.78 Å². The molecule has 0 fully saturated rings. The third-order valence-electron chi connectivity index (χ3n) is 2.33. The molecular formula is C11H6Cl2F2N2O2. The Labute approximate surface area is 116 Å². The van der Waals surface area contributed by atoms with Gasteiger partial charge in [0.25, 0.3) is 6.43 Å². The molecule has 8 heteroatoms. The van der Waals surface area contributed by atoms with E-state index in [0.717, 1.165) is 4.68 Å². The van der Waals surface area contributed by atoms with E-state index < -0.39 is 28.8 Å². The van der Waals surface area contributed by atoms with E-state index in [-0.39, 0.29) is 0 Å². The summed E-state index contributed by atoms with van der Waals surface area (Å²) in [4.78, 5) is 11.0. The molecule has 2 aromatic rings. The number of nitrogens with zero attached hydrogens (tertiary/aromatic N) is 2. The van der Waals surface area contributed by atoms with Crippen molar-refractivity contribution < 1.29 is 18.7 Å². The van der Waals surface area contributed by atoms with Gasteiger partial charge in [0, 0.05) is 5.02 Å². The van der Waals surface area contributed by atoms with E-state index in [0.29, 0.717) is 10.7 Å². The van der Waals surface area contributed by atoms with E-state index in [2.05, 4.69) is 5.10 Å². The first kappa shape index (κ1) is 13.8. The summed E-state index contributed by atoms with van der Waals surface area (Å²) in [6, 6.07) is 6.10. The number of rotatable bonds is 3. The molecule has 0 aliphatic rings. The molecule has 0 aliphatic carbocycles. The fourth-order valence-corrected chi connectivity index (χ4v) is 2.04. The Kier molecular flexibility index (Phi) is 3.73. The zero-order chi connectivity index (χ0) is 14.2. The van der Waals surface area contributed by atoms with Crippen molar-refractivity contribution in [2.75, 3.05) is 0 Å². The summed E-state index contributed by atoms with van der Waals surface area (Å²) in [7, 11) is 0. The van der Waals surface area contributed by atoms with Gasteiger partial charge in [-0.25, -0.2) is 18.3 Å². The van der Waals surface area contributed by atoms with E-state index in [1.807, 2.05) is 0 Å². The number of carbonyl (C=O) groups is 1. The van der Waals surface area contributed by atoms with Crippen LogP contribution in [0.2, 0.25) is 10.2 Å². The van der Waals surface area contributed by atoms with Crippen molar-refractivity contribution >= 4 is 29.2 Å². The van der Waals surface area contributed by atoms with Gasteiger partial charge in [0.1, 0.15) is 16.4 Å². The maximum absolute atomic E-state index is 12.8. The topological polar surface area (TPSA) is 55.1 Å². The molecule has 0 spiro atoms. The summed E-state index contributed by atoms with van der Waals surface area (Å²) in [5.41, 5.74) is -1.29. The number of aromatic carboxylic acids is 1. The minimum atomic E-state index is -3.04. The normalized spacial score (nSPS) is 11.0. The SMILES string of the molecule is O=C(O)c1c(C(F)F)nn(-c2cccc(Cl)c2)c1Cl. The molecule has 1 N–H and O–H groups in total. The summed E-state index contributed by atoms with van der Waals surface area (Å²) in [6.45, 7) is 0. The van der Waals surface area contributed by atoms with Gasteiger partial charge >= 0.3 is 5.97 Å². The van der Waals surface area contributed by atoms with Gasteiger partial charge in [-0.3, -0.25) is 0 Å². The molecule has 0 bridgehead atoms. The lowest BCUT2D eigenvalue weighted by Crippen LogP contribution is -2.00. The van der Waals surface area contributed by atoms with Crippen LogP contribution in [0.5, 0.6) is 0 Å². The van der Waals surface area contributed by atoms with Crippen molar-refractivity contribution in [2.24, 2.45) is 0 Å². The quantitative estimate of drug-likeness (QED) is 0.938. The molecule has 0 saturated heterocycles. The van der Waals surface area contributed by atoms with Crippen molar-refractivity contribution in [2.45, 2.75) is 6.43 Å². The van der Waals surface area contributed by atoms with Gasteiger partial charge < -0.3 is 5.11 Å². The zero-order valence-electron chi connectivity index (χ0n) is 9.15. The molecular weight excluding hydrogens is 301 g/mol. The third kappa shape index (κ3) is 2.54. The number of carboxylic acids is 1. The molecule has 0 saturated carbocycles. The van der Waals surface area contributed by atoms with Gasteiger partial charge in [-0.1, -0.05) is 29.3 Å². The maximum Gasteiger partial charge on any atom is 0.341 e. The smallest absolute Gasteiger partial charge is 0.341 e. The summed E-state index contributed by atoms with van der Waals surface area (Å²) in [6.07, 6.45) is -3.04. The zero-order valence-corrected chi connectivity index (χ0v) is 10.7. The highest BCUT2D eigenvalue weighted by molar-refractivity contribution is 6.33. The Morgan fingerprint density at radius 3 is 2.53 bits per heavy atom. The van der Waals surface area contributed by atoms with Crippen LogP contribution in [-0.4, -0.2) is 20.9 Å². The second kappa shape index (κ2) is 5.14. The van der Waals surface area contributed by atoms with Gasteiger partial charge in [0.05, 0.1) is 5.69 Å². The Morgan fingerprint density at radius 1 is 1.37 bits per heavy atom. The molecule has 2 rings (SSSR count). The predicted octanol–water partition coefficient (Wildman–Crippen LogP) is 3.81. The molecule has 1 aromatic carbocycles. The summed E-state index contributed by atoms with van der Waals surface area (Å²) in [5, 5.41) is 12.4. The molecule has 4 nitrogen and oxygen atoms in total. The van der Waals surface area contributed by atoms with Crippen molar-refractivity contribution in [1.29, 1.82) is 0 Å². The number of hydrogen-bond acceptors (Lipinski definition) is 2. The van der Waals surface area contributed by atoms with E-state index in [1.165, 1.54) is 12.1 Å². The summed E-state index contributed by atoms with van der Waals surface area (Å²) in [5.74, 6) is -1.56. The average molecular weight is 307 g/mol. The minimum absolute atomic E-state index is 0.298. The third-order valence-corrected chi connectivity index (χ3v) is 2.91. The van der Waals surface area contributed by atoms with Gasteiger partial charge in [0.15, 0.2) is 0 Å². The Balaban J connectivity index is 2.66. The molecule has 1 heterocycles. The number of aromatic nitrogens is 2. The lowest BCUT2D eigenvalue weighted by Gasteiger charge is -2.03. The first-order valence-electron chi connectivity index (χ1n) is 4.97. The van der Waals surface area contributed by atoms with Crippen LogP contribution in [0.1, 0.15) is 22.5 Å². The molecule has 0 unspecified atom stereocenters. The summed E-state index contributed by atoms with van der Waals surface area (Å²) < 4.78 is 26.4. The standard InChI is InChI=1S/C11H6Cl2F2N2O2/c12-5-2-1-3-6(4-5)17-9(13)7(11(18)19)8(16-17)10(14)15/h1-4,10H,(H,18,19). The van der Waals surface area contributed by atoms with Gasteiger partial charge in [0.2, 0.25) is 0 Å². The fourth-order valence-electron chi connectivity index (χ4n) is 1.54. The van der Waals surface area contributed by atoms with Gasteiger partial charge in [-0.05, 0) is 18.2 Å². The number of alkyl halides is 2. The van der Waals surface area contributed by atoms with Gasteiger partial charge in [-0.2, -0.15) is 5.10 Å². The van der Waals surface area contributed by atoms with Crippen molar-refractivity contribution in [3.63, 3.8) is 0 Å². The first-order chi connectivity index (χ1) is 8.91. The summed E-state index contributed by atoms with van der Waals surface area (Å²) >= 11 is 11.6. The van der Waals surface area contributed by atoms with Crippen LogP contribution in [0, 0.1) is 0 Å².